The first-order valence-corrected chi connectivity index (χ1v) is 6.67. The first kappa shape index (κ1) is 14.7. The van der Waals surface area contributed by atoms with Crippen LogP contribution in [0.25, 0.3) is 0 Å². The van der Waals surface area contributed by atoms with Crippen molar-refractivity contribution in [3.8, 4) is 0 Å². The Morgan fingerprint density at radius 1 is 1.00 bits per heavy atom. The minimum atomic E-state index is 0.350. The average molecular weight is 211 g/mol. The van der Waals surface area contributed by atoms with Crippen LogP contribution in [0, 0.1) is 0 Å². The van der Waals surface area contributed by atoms with Crippen LogP contribution in [0.5, 0.6) is 0 Å². The molecule has 1 atom stereocenters. The molecule has 1 unspecified atom stereocenters. The van der Waals surface area contributed by atoms with Gasteiger partial charge in [0.2, 0.25) is 0 Å². The fourth-order valence-corrected chi connectivity index (χ4v) is 1.87. The Bertz CT molecular complexity index is 131. The third-order valence-corrected chi connectivity index (χ3v) is 2.90. The van der Waals surface area contributed by atoms with Crippen LogP contribution in [-0.2, 0) is 0 Å². The van der Waals surface area contributed by atoms with Gasteiger partial charge in [-0.2, -0.15) is 0 Å². The highest BCUT2D eigenvalue weighted by molar-refractivity contribution is 4.74. The zero-order valence-corrected chi connectivity index (χ0v) is 10.5. The average Bonchev–Trinajstić information content (AvgIpc) is 2.22. The van der Waals surface area contributed by atoms with Crippen molar-refractivity contribution in [2.75, 3.05) is 0 Å². The first-order chi connectivity index (χ1) is 7.31. The summed E-state index contributed by atoms with van der Waals surface area (Å²) < 4.78 is 0. The second-order valence-corrected chi connectivity index (χ2v) is 4.55. The molecule has 90 valence electrons. The van der Waals surface area contributed by atoms with Gasteiger partial charge in [0.1, 0.15) is 0 Å². The van der Waals surface area contributed by atoms with Gasteiger partial charge in [-0.25, -0.2) is 0 Å². The highest BCUT2D eigenvalue weighted by Gasteiger charge is 1.98. The smallest absolute Gasteiger partial charge is 0.00733 e. The quantitative estimate of drug-likeness (QED) is 0.397. The van der Waals surface area contributed by atoms with Crippen molar-refractivity contribution < 1.29 is 0 Å². The first-order valence-electron chi connectivity index (χ1n) is 6.67. The van der Waals surface area contributed by atoms with E-state index in [2.05, 4.69) is 13.5 Å². The molecule has 0 rings (SSSR count). The summed E-state index contributed by atoms with van der Waals surface area (Å²) in [6.45, 7) is 5.97. The number of hydrogen-bond acceptors (Lipinski definition) is 1. The van der Waals surface area contributed by atoms with Crippen molar-refractivity contribution in [2.24, 2.45) is 5.73 Å². The number of hydrogen-bond donors (Lipinski definition) is 1. The van der Waals surface area contributed by atoms with Crippen LogP contribution in [0.3, 0.4) is 0 Å². The molecule has 0 amide bonds. The summed E-state index contributed by atoms with van der Waals surface area (Å²) in [5.74, 6) is 0. The van der Waals surface area contributed by atoms with Crippen molar-refractivity contribution in [1.29, 1.82) is 0 Å². The lowest BCUT2D eigenvalue weighted by molar-refractivity contribution is 0.528. The molecule has 0 saturated carbocycles. The second-order valence-electron chi connectivity index (χ2n) is 4.55. The minimum absolute atomic E-state index is 0.350. The molecule has 0 aliphatic heterocycles. The molecule has 0 aliphatic carbocycles. The monoisotopic (exact) mass is 211 g/mol. The van der Waals surface area contributed by atoms with Crippen LogP contribution in [0.2, 0.25) is 0 Å². The number of nitrogens with two attached hydrogens (primary N) is 1. The summed E-state index contributed by atoms with van der Waals surface area (Å²) in [7, 11) is 0. The fraction of sp³-hybridized carbons (Fsp3) is 0.857. The molecular weight excluding hydrogens is 182 g/mol. The van der Waals surface area contributed by atoms with Crippen molar-refractivity contribution in [3.63, 3.8) is 0 Å². The van der Waals surface area contributed by atoms with E-state index in [0.29, 0.717) is 6.04 Å². The maximum Gasteiger partial charge on any atom is 0.00733 e. The van der Waals surface area contributed by atoms with Gasteiger partial charge in [-0.3, -0.25) is 0 Å². The molecule has 1 heteroatoms. The van der Waals surface area contributed by atoms with Gasteiger partial charge in [-0.05, 0) is 12.8 Å². The summed E-state index contributed by atoms with van der Waals surface area (Å²) in [6, 6.07) is 0.350. The Morgan fingerprint density at radius 2 is 1.53 bits per heavy atom. The zero-order chi connectivity index (χ0) is 11.4. The molecule has 0 aromatic rings. The molecule has 0 bridgehead atoms. The Hall–Kier alpha value is -0.300. The molecule has 0 fully saturated rings. The zero-order valence-electron chi connectivity index (χ0n) is 10.5. The van der Waals surface area contributed by atoms with Crippen molar-refractivity contribution in [1.82, 2.24) is 0 Å². The van der Waals surface area contributed by atoms with Crippen LogP contribution in [0.1, 0.15) is 71.1 Å². The Labute approximate surface area is 96.1 Å². The maximum atomic E-state index is 5.89. The molecular formula is C14H29N. The highest BCUT2D eigenvalue weighted by Crippen LogP contribution is 2.10. The van der Waals surface area contributed by atoms with Crippen molar-refractivity contribution in [3.05, 3.63) is 12.7 Å². The lowest BCUT2D eigenvalue weighted by Gasteiger charge is -2.08. The van der Waals surface area contributed by atoms with Gasteiger partial charge >= 0.3 is 0 Å². The largest absolute Gasteiger partial charge is 0.327 e. The third kappa shape index (κ3) is 11.6. The molecule has 0 heterocycles. The van der Waals surface area contributed by atoms with Crippen LogP contribution in [0.15, 0.2) is 12.7 Å². The predicted octanol–water partition coefficient (Wildman–Crippen LogP) is 4.42. The van der Waals surface area contributed by atoms with Crippen LogP contribution >= 0.6 is 0 Å². The van der Waals surface area contributed by atoms with E-state index in [1.54, 1.807) is 0 Å². The van der Waals surface area contributed by atoms with Gasteiger partial charge in [-0.1, -0.05) is 64.4 Å². The highest BCUT2D eigenvalue weighted by atomic mass is 14.6. The van der Waals surface area contributed by atoms with E-state index in [-0.39, 0.29) is 0 Å². The van der Waals surface area contributed by atoms with Gasteiger partial charge in [0.05, 0.1) is 0 Å². The molecule has 0 radical (unpaired) electrons. The van der Waals surface area contributed by atoms with Crippen molar-refractivity contribution >= 4 is 0 Å². The van der Waals surface area contributed by atoms with Gasteiger partial charge in [0, 0.05) is 6.04 Å². The molecule has 15 heavy (non-hydrogen) atoms. The van der Waals surface area contributed by atoms with Gasteiger partial charge in [0.25, 0.3) is 0 Å². The van der Waals surface area contributed by atoms with E-state index in [1.807, 2.05) is 6.08 Å². The van der Waals surface area contributed by atoms with E-state index in [4.69, 9.17) is 5.73 Å². The number of unbranched alkanes of at least 4 members (excludes halogenated alkanes) is 7. The van der Waals surface area contributed by atoms with Gasteiger partial charge in [-0.15, -0.1) is 6.58 Å². The lowest BCUT2D eigenvalue weighted by Crippen LogP contribution is -2.18. The summed E-state index contributed by atoms with van der Waals surface area (Å²) >= 11 is 0. The lowest BCUT2D eigenvalue weighted by atomic mass is 10.0. The summed E-state index contributed by atoms with van der Waals surface area (Å²) in [4.78, 5) is 0. The predicted molar refractivity (Wildman–Crippen MR) is 70.0 cm³/mol. The minimum Gasteiger partial charge on any atom is -0.327 e. The van der Waals surface area contributed by atoms with E-state index in [9.17, 15) is 0 Å². The Morgan fingerprint density at radius 3 is 2.07 bits per heavy atom. The Balaban J connectivity index is 3.01. The van der Waals surface area contributed by atoms with Crippen molar-refractivity contribution in [2.45, 2.75) is 77.2 Å². The summed E-state index contributed by atoms with van der Waals surface area (Å²) in [6.07, 6.45) is 15.1. The number of rotatable bonds is 11. The van der Waals surface area contributed by atoms with E-state index in [0.717, 1.165) is 6.42 Å². The standard InChI is InChI=1S/C14H29N/c1-3-5-6-7-8-9-10-11-13-14(15)12-4-2/h4,14H,2-3,5-13,15H2,1H3. The molecule has 1 nitrogen and oxygen atoms in total. The van der Waals surface area contributed by atoms with E-state index < -0.39 is 0 Å². The van der Waals surface area contributed by atoms with Gasteiger partial charge < -0.3 is 5.73 Å². The van der Waals surface area contributed by atoms with E-state index >= 15 is 0 Å². The van der Waals surface area contributed by atoms with Crippen LogP contribution in [-0.4, -0.2) is 6.04 Å². The normalized spacial score (nSPS) is 12.7. The summed E-state index contributed by atoms with van der Waals surface area (Å²) in [5.41, 5.74) is 5.89. The van der Waals surface area contributed by atoms with E-state index in [1.165, 1.54) is 57.8 Å². The molecule has 0 saturated heterocycles. The molecule has 0 aliphatic rings. The SMILES string of the molecule is C=CCC(N)CCCCCCCCCC. The molecule has 0 spiro atoms. The second kappa shape index (κ2) is 11.8. The fourth-order valence-electron chi connectivity index (χ4n) is 1.87. The summed E-state index contributed by atoms with van der Waals surface area (Å²) in [5, 5.41) is 0. The molecule has 0 aromatic carbocycles. The van der Waals surface area contributed by atoms with Crippen LogP contribution in [0.4, 0.5) is 0 Å². The topological polar surface area (TPSA) is 26.0 Å². The molecule has 0 aromatic heterocycles. The van der Waals surface area contributed by atoms with Crippen LogP contribution < -0.4 is 5.73 Å². The third-order valence-electron chi connectivity index (χ3n) is 2.90. The maximum absolute atomic E-state index is 5.89. The Kier molecular flexibility index (Phi) is 11.5. The van der Waals surface area contributed by atoms with Gasteiger partial charge in [0.15, 0.2) is 0 Å². The molecule has 2 N–H and O–H groups in total.